The average Bonchev–Trinajstić information content (AvgIpc) is 1.77. The Hall–Kier alpha value is -15.3. The summed E-state index contributed by atoms with van der Waals surface area (Å²) in [7, 11) is 1.15. The number of hydrogen-bond donors (Lipinski definition) is 27. The highest BCUT2D eigenvalue weighted by Crippen LogP contribution is 2.25. The predicted molar refractivity (Wildman–Crippen MR) is 527 cm³/mol. The number of carbonyl (C=O) groups excluding carboxylic acids is 17. The van der Waals surface area contributed by atoms with Gasteiger partial charge in [-0.25, -0.2) is 0 Å². The molecule has 5 aromatic carbocycles. The number of nitrogens with zero attached hydrogens (tertiary/aromatic N) is 1. The average molecular weight is 2000 g/mol. The number of aliphatic carboxylic acids is 1. The molecular weight excluding hydrogens is 1870 g/mol. The third-order valence-electron chi connectivity index (χ3n) is 23.8. The molecule has 32 N–H and O–H groups in total. The molecule has 0 spiro atoms. The van der Waals surface area contributed by atoms with E-state index in [1.165, 1.54) is 58.2 Å². The van der Waals surface area contributed by atoms with Crippen LogP contribution in [-0.4, -0.2) is 278 Å². The fourth-order valence-corrected chi connectivity index (χ4v) is 16.8. The molecular formula is C96H131N25O21S. The third-order valence-corrected chi connectivity index (χ3v) is 24.9. The van der Waals surface area contributed by atoms with Crippen LogP contribution in [0.3, 0.4) is 0 Å². The molecule has 2 saturated heterocycles. The van der Waals surface area contributed by atoms with Crippen LogP contribution in [0.1, 0.15) is 122 Å². The zero-order valence-corrected chi connectivity index (χ0v) is 81.4. The van der Waals surface area contributed by atoms with Gasteiger partial charge >= 0.3 is 5.97 Å². The third kappa shape index (κ3) is 35.2. The van der Waals surface area contributed by atoms with E-state index in [1.54, 1.807) is 92.7 Å². The van der Waals surface area contributed by atoms with Crippen LogP contribution in [0.4, 0.5) is 0 Å². The predicted octanol–water partition coefficient (Wildman–Crippen LogP) is -4.00. The van der Waals surface area contributed by atoms with Crippen molar-refractivity contribution in [3.05, 3.63) is 162 Å². The number of carbonyl (C=O) groups is 18. The first-order valence-corrected chi connectivity index (χ1v) is 47.9. The van der Waals surface area contributed by atoms with E-state index < -0.39 is 295 Å². The van der Waals surface area contributed by atoms with Crippen LogP contribution in [0.25, 0.3) is 22.0 Å². The summed E-state index contributed by atoms with van der Waals surface area (Å²) in [4.78, 5) is 273. The number of phenolic OH excluding ortho intramolecular Hbond substituents is 1. The summed E-state index contributed by atoms with van der Waals surface area (Å²) in [5.74, 6) is -26.9. The highest BCUT2D eigenvalue weighted by atomic mass is 32.2. The van der Waals surface area contributed by atoms with E-state index >= 15 is 52.7 Å². The SMILES string of the molecule is CC(C)C[C@@H]1NC(=O)[C@H](CCCNC(=N)N)NC(=O)[C@H](Cc2ccccc2)N(C)C(=O)[C@@H]2CC(N)[C@@H](O)[C@H](NC(=O)[C@H](C(C)C)NC1=O)C(=O)N[C@H](C(=O)N[C@@H](C)C(N)=O)CSCC(=O)N[C@@H](CC(N)=O)C(=O)N[C@@H](Cc1ccc(O)cc1)C(=O)N[C@@H](CC(=O)O)C(=O)N[C@@H](Cc1c[nH]c3ccccc13)C(=O)N[C@@H](C(C)C)C(=O)N[C@@H](Cc1ccc(-c3ccccc3)cc1)C(=O)N[C@@H](CCCNC(=N)N)C(=O)N2. The molecule has 0 saturated carbocycles. The summed E-state index contributed by atoms with van der Waals surface area (Å²) in [6.07, 6.45) is -6.95. The lowest BCUT2D eigenvalue weighted by Gasteiger charge is -2.35. The first-order valence-electron chi connectivity index (χ1n) is 46.7. The van der Waals surface area contributed by atoms with Gasteiger partial charge in [-0.3, -0.25) is 97.1 Å². The molecule has 772 valence electrons. The van der Waals surface area contributed by atoms with E-state index in [4.69, 9.17) is 39.5 Å². The topological polar surface area (TPSA) is 757 Å². The molecule has 6 aromatic rings. The van der Waals surface area contributed by atoms with Crippen LogP contribution < -0.4 is 114 Å². The van der Waals surface area contributed by atoms with Crippen molar-refractivity contribution in [2.45, 2.75) is 228 Å². The molecule has 2 fully saturated rings. The number of aromatic nitrogens is 1. The number of carboxylic acids is 1. The Balaban J connectivity index is 1.36. The van der Waals surface area contributed by atoms with Gasteiger partial charge in [-0.2, -0.15) is 0 Å². The number of aromatic amines is 1. The van der Waals surface area contributed by atoms with Crippen molar-refractivity contribution in [2.24, 2.45) is 46.4 Å². The van der Waals surface area contributed by atoms with Crippen molar-refractivity contribution in [3.8, 4) is 16.9 Å². The van der Waals surface area contributed by atoms with Crippen molar-refractivity contribution < 1.29 is 102 Å². The smallest absolute Gasteiger partial charge is 0.305 e. The number of thioether (sulfide) groups is 1. The molecule has 3 heterocycles. The number of likely N-dealkylation sites (N-methyl/N-ethyl adjacent to an activating group) is 1. The lowest BCUT2D eigenvalue weighted by Crippen LogP contribution is -2.65. The van der Waals surface area contributed by atoms with E-state index in [1.807, 2.05) is 30.3 Å². The number of amides is 17. The number of phenols is 1. The van der Waals surface area contributed by atoms with Gasteiger partial charge in [-0.05, 0) is 115 Å². The Bertz CT molecular complexity index is 5520. The van der Waals surface area contributed by atoms with E-state index in [0.717, 1.165) is 24.4 Å². The van der Waals surface area contributed by atoms with Crippen LogP contribution in [0.15, 0.2) is 140 Å². The standard InChI is InChI=1S/C96H131N25O21S/c1-48(2)37-64-87(135)119-77(50(5)6)92(140)120-78-79(127)60(97)42-70(94(142)121(8)72(40-52-19-11-9-12-20-52)90(138)110-63(81(129)111-64)26-18-36-105-96(102)103)116-82(130)62(25-17-35-104-95(100)101)109-83(131)66(38-53-27-31-56(32-28-53)55-21-13-10-14-22-55)115-91(139)76(49(3)4)118-88(136)67(41-57-45-106-61-24-16-15-23-59(57)61)113-86(134)69(44-75(125)126)114-84(132)65(39-54-29-33-58(122)34-30-54)112-85(133)68(43-73(98)123)108-74(124)47-143-46-71(117-93(78)141)89(137)107-51(7)80(99)128/h9-16,19-24,27-34,45,48-51,60,62-72,76-79,106,122,127H,17-18,25-26,35-44,46-47,97H2,1-8H3,(H2,98,123)(H2,99,128)(H,107,137)(H,108,124)(H,109,131)(H,110,138)(H,111,129)(H,112,133)(H,113,134)(H,114,132)(H,115,139)(H,116,130)(H,117,141)(H,118,136)(H,119,135)(H,120,140)(H,125,126)(H4,100,101,104)(H4,102,103,105)/t51-,60?,62-,63-,64-,65-,66-,67-,68-,69-,70-,71-,72-,76-,77-,78-,79+/m0/s1. The fourth-order valence-electron chi connectivity index (χ4n) is 16.0. The maximum Gasteiger partial charge on any atom is 0.305 e. The number of benzene rings is 5. The highest BCUT2D eigenvalue weighted by Gasteiger charge is 2.45. The Morgan fingerprint density at radius 2 is 0.930 bits per heavy atom. The minimum absolute atomic E-state index is 0.0193. The molecule has 47 heteroatoms. The quantitative estimate of drug-likeness (QED) is 0.0126. The van der Waals surface area contributed by atoms with Crippen LogP contribution in [0.2, 0.25) is 0 Å². The number of carboxylic acid groups (broad SMARTS) is 1. The molecule has 2 aliphatic heterocycles. The zero-order valence-electron chi connectivity index (χ0n) is 80.6. The second-order valence-electron chi connectivity index (χ2n) is 36.4. The van der Waals surface area contributed by atoms with Gasteiger partial charge in [0.2, 0.25) is 100 Å². The van der Waals surface area contributed by atoms with Gasteiger partial charge in [0.05, 0.1) is 24.7 Å². The van der Waals surface area contributed by atoms with Crippen LogP contribution in [-0.2, 0) is 112 Å². The molecule has 8 rings (SSSR count). The molecule has 0 radical (unpaired) electrons. The number of hydrogen-bond acceptors (Lipinski definition) is 24. The first kappa shape index (κ1) is 113. The van der Waals surface area contributed by atoms with E-state index in [0.29, 0.717) is 44.9 Å². The maximum atomic E-state index is 16.3. The Labute approximate surface area is 829 Å². The number of aromatic hydroxyl groups is 1. The molecule has 2 bridgehead atoms. The molecule has 0 aliphatic carbocycles. The number of primary amides is 2. The Morgan fingerprint density at radius 3 is 1.47 bits per heavy atom. The molecule has 1 unspecified atom stereocenters. The molecule has 143 heavy (non-hydrogen) atoms. The number of H-pyrrole nitrogens is 1. The van der Waals surface area contributed by atoms with E-state index in [9.17, 15) is 48.9 Å². The number of nitrogens with two attached hydrogens (primary N) is 5. The van der Waals surface area contributed by atoms with Crippen molar-refractivity contribution >= 4 is 141 Å². The summed E-state index contributed by atoms with van der Waals surface area (Å²) in [6, 6.07) is 5.85. The van der Waals surface area contributed by atoms with Gasteiger partial charge < -0.3 is 139 Å². The second-order valence-corrected chi connectivity index (χ2v) is 37.4. The lowest BCUT2D eigenvalue weighted by molar-refractivity contribution is -0.143. The van der Waals surface area contributed by atoms with Crippen molar-refractivity contribution in [1.29, 1.82) is 10.8 Å². The molecule has 17 atom stereocenters. The summed E-state index contributed by atoms with van der Waals surface area (Å²) in [5, 5.41) is 91.3. The van der Waals surface area contributed by atoms with Crippen LogP contribution in [0.5, 0.6) is 5.75 Å². The number of aliphatic hydroxyl groups is 1. The molecule has 2 aliphatic rings. The highest BCUT2D eigenvalue weighted by molar-refractivity contribution is 8.00. The van der Waals surface area contributed by atoms with Crippen molar-refractivity contribution in [1.82, 2.24) is 95.0 Å². The normalized spacial score (nSPS) is 24.0. The fraction of sp³-hybridized carbons (Fsp3) is 0.458. The second kappa shape index (κ2) is 54.5. The summed E-state index contributed by atoms with van der Waals surface area (Å²) >= 11 is 0.524. The Morgan fingerprint density at radius 1 is 0.483 bits per heavy atom. The van der Waals surface area contributed by atoms with Gasteiger partial charge in [0.1, 0.15) is 96.4 Å². The number of aliphatic hydroxyl groups excluding tert-OH is 1. The van der Waals surface area contributed by atoms with E-state index in [2.05, 4.69) is 90.1 Å². The number of fused-ring (bicyclic) bond motifs is 5. The molecule has 1 aromatic heterocycles. The van der Waals surface area contributed by atoms with Gasteiger partial charge in [0.15, 0.2) is 11.9 Å². The van der Waals surface area contributed by atoms with E-state index in [-0.39, 0.29) is 56.5 Å². The number of nitrogens with one attached hydrogen (secondary N) is 19. The molecule has 46 nitrogen and oxygen atoms in total. The first-order chi connectivity index (χ1) is 67.7. The number of guanidine groups is 2. The minimum atomic E-state index is -2.54. The van der Waals surface area contributed by atoms with Crippen LogP contribution >= 0.6 is 11.8 Å². The van der Waals surface area contributed by atoms with Crippen molar-refractivity contribution in [2.75, 3.05) is 31.6 Å². The monoisotopic (exact) mass is 2000 g/mol. The lowest BCUT2D eigenvalue weighted by atomic mass is 9.94. The number of para-hydroxylation sites is 1. The summed E-state index contributed by atoms with van der Waals surface area (Å²) < 4.78 is 0. The van der Waals surface area contributed by atoms with Crippen molar-refractivity contribution in [3.63, 3.8) is 0 Å². The largest absolute Gasteiger partial charge is 0.508 e. The van der Waals surface area contributed by atoms with Gasteiger partial charge in [-0.1, -0.05) is 157 Å². The minimum Gasteiger partial charge on any atom is -0.508 e. The van der Waals surface area contributed by atoms with Gasteiger partial charge in [0.25, 0.3) is 0 Å². The maximum absolute atomic E-state index is 16.3. The van der Waals surface area contributed by atoms with Crippen LogP contribution in [0, 0.1) is 28.6 Å². The molecule has 17 amide bonds. The summed E-state index contributed by atoms with van der Waals surface area (Å²) in [5.41, 5.74) is 33.2. The summed E-state index contributed by atoms with van der Waals surface area (Å²) in [6.45, 7) is 10.3. The number of rotatable bonds is 28. The van der Waals surface area contributed by atoms with Gasteiger partial charge in [-0.15, -0.1) is 11.8 Å². The Kier molecular flexibility index (Phi) is 43.0. The van der Waals surface area contributed by atoms with Gasteiger partial charge in [0, 0.05) is 74.7 Å². The zero-order chi connectivity index (χ0) is 105.